The predicted molar refractivity (Wildman–Crippen MR) is 112 cm³/mol. The zero-order valence-electron chi connectivity index (χ0n) is 17.7. The normalized spacial score (nSPS) is 19.3. The van der Waals surface area contributed by atoms with Gasteiger partial charge in [-0.2, -0.15) is 0 Å². The van der Waals surface area contributed by atoms with Gasteiger partial charge in [0.1, 0.15) is 0 Å². The summed E-state index contributed by atoms with van der Waals surface area (Å²) in [6.07, 6.45) is 3.62. The van der Waals surface area contributed by atoms with Gasteiger partial charge in [0.2, 0.25) is 5.91 Å². The fourth-order valence-corrected chi connectivity index (χ4v) is 4.38. The number of piperazine rings is 1. The fourth-order valence-electron chi connectivity index (χ4n) is 4.38. The summed E-state index contributed by atoms with van der Waals surface area (Å²) >= 11 is 0. The topological polar surface area (TPSA) is 43.9 Å². The number of likely N-dealkylation sites (tertiary alicyclic amines) is 1. The molecule has 2 saturated heterocycles. The second kappa shape index (κ2) is 9.55. The summed E-state index contributed by atoms with van der Waals surface area (Å²) < 4.78 is 0. The third-order valence-electron chi connectivity index (χ3n) is 6.44. The van der Waals surface area contributed by atoms with E-state index in [2.05, 4.69) is 18.7 Å². The van der Waals surface area contributed by atoms with Crippen molar-refractivity contribution in [1.29, 1.82) is 0 Å². The Hall–Kier alpha value is -1.88. The first-order valence-corrected chi connectivity index (χ1v) is 10.8. The van der Waals surface area contributed by atoms with Crippen LogP contribution in [0.4, 0.5) is 0 Å². The number of hydrogen-bond donors (Lipinski definition) is 0. The molecule has 2 aliphatic heterocycles. The number of carbonyl (C=O) groups is 2. The minimum atomic E-state index is 0.149. The van der Waals surface area contributed by atoms with Gasteiger partial charge in [0.05, 0.1) is 0 Å². The predicted octanol–water partition coefficient (Wildman–Crippen LogP) is 3.18. The molecule has 0 radical (unpaired) electrons. The number of rotatable bonds is 5. The first-order valence-electron chi connectivity index (χ1n) is 10.8. The highest BCUT2D eigenvalue weighted by molar-refractivity contribution is 5.95. The lowest BCUT2D eigenvalue weighted by atomic mass is 9.91. The van der Waals surface area contributed by atoms with E-state index in [1.807, 2.05) is 41.0 Å². The highest BCUT2D eigenvalue weighted by Crippen LogP contribution is 2.24. The Morgan fingerprint density at radius 2 is 1.61 bits per heavy atom. The largest absolute Gasteiger partial charge is 0.340 e. The molecule has 28 heavy (non-hydrogen) atoms. The number of aryl methyl sites for hydroxylation is 1. The Balaban J connectivity index is 1.39. The van der Waals surface area contributed by atoms with Crippen LogP contribution in [0, 0.1) is 12.8 Å². The number of amides is 2. The quantitative estimate of drug-likeness (QED) is 0.782. The second-order valence-corrected chi connectivity index (χ2v) is 8.60. The van der Waals surface area contributed by atoms with Gasteiger partial charge < -0.3 is 9.80 Å². The van der Waals surface area contributed by atoms with Gasteiger partial charge in [-0.3, -0.25) is 14.5 Å². The van der Waals surface area contributed by atoms with Gasteiger partial charge >= 0.3 is 0 Å². The van der Waals surface area contributed by atoms with Crippen molar-refractivity contribution >= 4 is 11.8 Å². The Morgan fingerprint density at radius 3 is 2.21 bits per heavy atom. The van der Waals surface area contributed by atoms with Crippen molar-refractivity contribution < 1.29 is 9.59 Å². The van der Waals surface area contributed by atoms with E-state index < -0.39 is 0 Å². The van der Waals surface area contributed by atoms with Crippen molar-refractivity contribution in [2.24, 2.45) is 5.92 Å². The minimum absolute atomic E-state index is 0.149. The zero-order valence-corrected chi connectivity index (χ0v) is 17.7. The maximum absolute atomic E-state index is 12.7. The van der Waals surface area contributed by atoms with Crippen LogP contribution in [0.3, 0.4) is 0 Å². The SMILES string of the molecule is Cc1ccccc1C(=O)N1CCC(CCC(=O)N2CCN(C(C)C)CC2)CC1. The van der Waals surface area contributed by atoms with Crippen LogP contribution < -0.4 is 0 Å². The summed E-state index contributed by atoms with van der Waals surface area (Å²) in [6, 6.07) is 8.37. The van der Waals surface area contributed by atoms with Crippen molar-refractivity contribution in [2.75, 3.05) is 39.3 Å². The lowest BCUT2D eigenvalue weighted by Crippen LogP contribution is -2.50. The highest BCUT2D eigenvalue weighted by atomic mass is 16.2. The molecule has 1 aromatic rings. The molecule has 3 rings (SSSR count). The Bertz CT molecular complexity index is 672. The van der Waals surface area contributed by atoms with Crippen molar-refractivity contribution in [2.45, 2.75) is 52.5 Å². The van der Waals surface area contributed by atoms with E-state index in [1.165, 1.54) is 0 Å². The van der Waals surface area contributed by atoms with E-state index in [0.717, 1.165) is 69.7 Å². The molecule has 0 N–H and O–H groups in total. The van der Waals surface area contributed by atoms with Crippen molar-refractivity contribution in [3.63, 3.8) is 0 Å². The van der Waals surface area contributed by atoms with Crippen molar-refractivity contribution in [1.82, 2.24) is 14.7 Å². The Morgan fingerprint density at radius 1 is 0.964 bits per heavy atom. The maximum atomic E-state index is 12.7. The zero-order chi connectivity index (χ0) is 20.1. The molecule has 5 nitrogen and oxygen atoms in total. The molecule has 0 bridgehead atoms. The molecule has 2 amide bonds. The van der Waals surface area contributed by atoms with E-state index in [0.29, 0.717) is 24.3 Å². The molecular weight excluding hydrogens is 350 g/mol. The van der Waals surface area contributed by atoms with Crippen LogP contribution in [0.25, 0.3) is 0 Å². The van der Waals surface area contributed by atoms with Crippen LogP contribution in [0.15, 0.2) is 24.3 Å². The number of carbonyl (C=O) groups excluding carboxylic acids is 2. The van der Waals surface area contributed by atoms with Crippen molar-refractivity contribution in [3.05, 3.63) is 35.4 Å². The number of nitrogens with zero attached hydrogens (tertiary/aromatic N) is 3. The average molecular weight is 386 g/mol. The maximum Gasteiger partial charge on any atom is 0.254 e. The highest BCUT2D eigenvalue weighted by Gasteiger charge is 2.26. The smallest absolute Gasteiger partial charge is 0.254 e. The number of hydrogen-bond acceptors (Lipinski definition) is 3. The van der Waals surface area contributed by atoms with Crippen molar-refractivity contribution in [3.8, 4) is 0 Å². The van der Waals surface area contributed by atoms with Crippen LogP contribution in [0.1, 0.15) is 55.5 Å². The molecule has 5 heteroatoms. The lowest BCUT2D eigenvalue weighted by molar-refractivity contribution is -0.133. The van der Waals surface area contributed by atoms with Gasteiger partial charge in [-0.05, 0) is 57.6 Å². The van der Waals surface area contributed by atoms with Gasteiger partial charge in [-0.25, -0.2) is 0 Å². The molecule has 0 aliphatic carbocycles. The summed E-state index contributed by atoms with van der Waals surface area (Å²) in [7, 11) is 0. The Kier molecular flexibility index (Phi) is 7.11. The van der Waals surface area contributed by atoms with Crippen LogP contribution in [0.5, 0.6) is 0 Å². The molecule has 2 aliphatic rings. The lowest BCUT2D eigenvalue weighted by Gasteiger charge is -2.37. The van der Waals surface area contributed by atoms with Crippen LogP contribution >= 0.6 is 0 Å². The summed E-state index contributed by atoms with van der Waals surface area (Å²) in [5.74, 6) is 1.01. The number of piperidine rings is 1. The van der Waals surface area contributed by atoms with Gasteiger partial charge in [-0.15, -0.1) is 0 Å². The van der Waals surface area contributed by atoms with Gasteiger partial charge in [0.25, 0.3) is 5.91 Å². The molecular formula is C23H35N3O2. The molecule has 0 atom stereocenters. The summed E-state index contributed by atoms with van der Waals surface area (Å²) in [6.45, 7) is 11.7. The minimum Gasteiger partial charge on any atom is -0.340 e. The molecule has 2 fully saturated rings. The molecule has 2 heterocycles. The van der Waals surface area contributed by atoms with Crippen LogP contribution in [-0.2, 0) is 4.79 Å². The van der Waals surface area contributed by atoms with Gasteiger partial charge in [0.15, 0.2) is 0 Å². The molecule has 0 spiro atoms. The summed E-state index contributed by atoms with van der Waals surface area (Å²) in [5, 5.41) is 0. The third-order valence-corrected chi connectivity index (χ3v) is 6.44. The molecule has 0 saturated carbocycles. The summed E-state index contributed by atoms with van der Waals surface area (Å²) in [4.78, 5) is 31.7. The number of benzene rings is 1. The van der Waals surface area contributed by atoms with E-state index >= 15 is 0 Å². The first-order chi connectivity index (χ1) is 13.5. The Labute approximate surface area is 169 Å². The molecule has 1 aromatic carbocycles. The van der Waals surface area contributed by atoms with E-state index in [9.17, 15) is 9.59 Å². The van der Waals surface area contributed by atoms with Gasteiger partial charge in [0, 0.05) is 57.3 Å². The monoisotopic (exact) mass is 385 g/mol. The average Bonchev–Trinajstić information content (AvgIpc) is 2.72. The summed E-state index contributed by atoms with van der Waals surface area (Å²) in [5.41, 5.74) is 1.86. The molecule has 0 unspecified atom stereocenters. The van der Waals surface area contributed by atoms with E-state index in [-0.39, 0.29) is 5.91 Å². The van der Waals surface area contributed by atoms with E-state index in [1.54, 1.807) is 0 Å². The second-order valence-electron chi connectivity index (χ2n) is 8.60. The van der Waals surface area contributed by atoms with Gasteiger partial charge in [-0.1, -0.05) is 18.2 Å². The van der Waals surface area contributed by atoms with Crippen LogP contribution in [0.2, 0.25) is 0 Å². The molecule has 154 valence electrons. The van der Waals surface area contributed by atoms with E-state index in [4.69, 9.17) is 0 Å². The third kappa shape index (κ3) is 5.13. The fraction of sp³-hybridized carbons (Fsp3) is 0.652. The molecule has 0 aromatic heterocycles. The standard InChI is InChI=1S/C23H35N3O2/c1-18(2)24-14-16-25(17-15-24)22(27)9-8-20-10-12-26(13-11-20)23(28)21-7-5-4-6-19(21)3/h4-7,18,20H,8-17H2,1-3H3. The first kappa shape index (κ1) is 20.8. The van der Waals surface area contributed by atoms with Crippen LogP contribution in [-0.4, -0.2) is 71.8 Å².